The summed E-state index contributed by atoms with van der Waals surface area (Å²) in [7, 11) is 0. The smallest absolute Gasteiger partial charge is 0.223 e. The van der Waals surface area contributed by atoms with Crippen LogP contribution < -0.4 is 11.1 Å². The van der Waals surface area contributed by atoms with Gasteiger partial charge in [0.15, 0.2) is 0 Å². The van der Waals surface area contributed by atoms with Crippen molar-refractivity contribution in [1.29, 1.82) is 0 Å². The molecule has 2 aliphatic rings. The van der Waals surface area contributed by atoms with Crippen LogP contribution in [0.2, 0.25) is 0 Å². The molecule has 1 aliphatic heterocycles. The number of likely N-dealkylation sites (tertiary alicyclic amines) is 1. The van der Waals surface area contributed by atoms with Gasteiger partial charge in [0.1, 0.15) is 5.76 Å². The summed E-state index contributed by atoms with van der Waals surface area (Å²) in [6.45, 7) is 2.78. The number of rotatable bonds is 5. The lowest BCUT2D eigenvalue weighted by molar-refractivity contribution is -0.125. The summed E-state index contributed by atoms with van der Waals surface area (Å²) in [6, 6.07) is 4.26. The zero-order chi connectivity index (χ0) is 14.7. The van der Waals surface area contributed by atoms with E-state index in [4.69, 9.17) is 10.2 Å². The zero-order valence-corrected chi connectivity index (χ0v) is 12.5. The molecule has 3 rings (SSSR count). The van der Waals surface area contributed by atoms with E-state index in [1.54, 1.807) is 6.26 Å². The zero-order valence-electron chi connectivity index (χ0n) is 12.5. The molecule has 1 amide bonds. The van der Waals surface area contributed by atoms with Crippen LogP contribution in [0.3, 0.4) is 0 Å². The molecule has 1 aliphatic carbocycles. The first-order chi connectivity index (χ1) is 10.2. The van der Waals surface area contributed by atoms with Crippen LogP contribution in [0.15, 0.2) is 22.8 Å². The Morgan fingerprint density at radius 3 is 2.86 bits per heavy atom. The van der Waals surface area contributed by atoms with E-state index in [0.717, 1.165) is 38.1 Å². The molecule has 3 atom stereocenters. The second-order valence-corrected chi connectivity index (χ2v) is 6.29. The minimum Gasteiger partial charge on any atom is -0.468 e. The van der Waals surface area contributed by atoms with Crippen LogP contribution in [0.25, 0.3) is 0 Å². The summed E-state index contributed by atoms with van der Waals surface area (Å²) < 4.78 is 5.57. The average Bonchev–Trinajstić information content (AvgIpc) is 3.21. The molecule has 1 aromatic heterocycles. The average molecular weight is 291 g/mol. The molecule has 21 heavy (non-hydrogen) atoms. The van der Waals surface area contributed by atoms with Gasteiger partial charge in [0.2, 0.25) is 5.91 Å². The van der Waals surface area contributed by atoms with Crippen LogP contribution in [-0.2, 0) is 4.79 Å². The van der Waals surface area contributed by atoms with Crippen LogP contribution in [0.5, 0.6) is 0 Å². The van der Waals surface area contributed by atoms with Gasteiger partial charge in [-0.1, -0.05) is 0 Å². The first-order valence-corrected chi connectivity index (χ1v) is 8.05. The predicted molar refractivity (Wildman–Crippen MR) is 80.6 cm³/mol. The monoisotopic (exact) mass is 291 g/mol. The van der Waals surface area contributed by atoms with Crippen LogP contribution in [-0.4, -0.2) is 36.5 Å². The summed E-state index contributed by atoms with van der Waals surface area (Å²) in [5, 5.41) is 3.11. The number of nitrogens with zero attached hydrogens (tertiary/aromatic N) is 1. The number of hydrogen-bond donors (Lipinski definition) is 2. The van der Waals surface area contributed by atoms with Crippen molar-refractivity contribution in [2.45, 2.75) is 44.2 Å². The van der Waals surface area contributed by atoms with Gasteiger partial charge in [-0.15, -0.1) is 0 Å². The van der Waals surface area contributed by atoms with E-state index in [0.29, 0.717) is 6.54 Å². The van der Waals surface area contributed by atoms with Gasteiger partial charge >= 0.3 is 0 Å². The minimum absolute atomic E-state index is 0.0934. The highest BCUT2D eigenvalue weighted by molar-refractivity contribution is 5.79. The fraction of sp³-hybridized carbons (Fsp3) is 0.688. The molecular weight excluding hydrogens is 266 g/mol. The maximum absolute atomic E-state index is 12.3. The highest BCUT2D eigenvalue weighted by Crippen LogP contribution is 2.27. The lowest BCUT2D eigenvalue weighted by Crippen LogP contribution is -2.39. The third-order valence-electron chi connectivity index (χ3n) is 4.77. The van der Waals surface area contributed by atoms with Crippen LogP contribution >= 0.6 is 0 Å². The van der Waals surface area contributed by atoms with Crippen molar-refractivity contribution in [1.82, 2.24) is 10.2 Å². The summed E-state index contributed by atoms with van der Waals surface area (Å²) >= 11 is 0. The van der Waals surface area contributed by atoms with Crippen molar-refractivity contribution < 1.29 is 9.21 Å². The van der Waals surface area contributed by atoms with E-state index in [1.807, 2.05) is 12.1 Å². The van der Waals surface area contributed by atoms with Gasteiger partial charge in [0.25, 0.3) is 0 Å². The van der Waals surface area contributed by atoms with Crippen molar-refractivity contribution in [2.75, 3.05) is 19.6 Å². The molecule has 1 saturated carbocycles. The predicted octanol–water partition coefficient (Wildman–Crippen LogP) is 1.66. The number of hydrogen-bond acceptors (Lipinski definition) is 4. The molecule has 3 N–H and O–H groups in total. The second-order valence-electron chi connectivity index (χ2n) is 6.29. The number of nitrogens with two attached hydrogens (primary N) is 1. The highest BCUT2D eigenvalue weighted by atomic mass is 16.3. The molecule has 116 valence electrons. The van der Waals surface area contributed by atoms with Gasteiger partial charge in [-0.25, -0.2) is 0 Å². The normalized spacial score (nSPS) is 27.9. The fourth-order valence-electron chi connectivity index (χ4n) is 3.54. The van der Waals surface area contributed by atoms with Crippen LogP contribution in [0.1, 0.15) is 43.9 Å². The van der Waals surface area contributed by atoms with Crippen molar-refractivity contribution in [3.05, 3.63) is 24.2 Å². The molecule has 5 heteroatoms. The molecule has 1 aromatic rings. The molecule has 2 fully saturated rings. The Morgan fingerprint density at radius 1 is 1.43 bits per heavy atom. The SMILES string of the molecule is NC1CCC(C(=O)NCC(c2ccco2)N2CCCC2)C1. The van der Waals surface area contributed by atoms with E-state index < -0.39 is 0 Å². The number of nitrogens with one attached hydrogen (secondary N) is 1. The number of carbonyl (C=O) groups is 1. The molecule has 3 unspecified atom stereocenters. The van der Waals surface area contributed by atoms with E-state index >= 15 is 0 Å². The Hall–Kier alpha value is -1.33. The molecule has 0 bridgehead atoms. The van der Waals surface area contributed by atoms with Gasteiger partial charge < -0.3 is 15.5 Å². The molecule has 2 heterocycles. The summed E-state index contributed by atoms with van der Waals surface area (Å²) in [6.07, 6.45) is 6.86. The van der Waals surface area contributed by atoms with Crippen molar-refractivity contribution in [3.8, 4) is 0 Å². The Morgan fingerprint density at radius 2 is 2.24 bits per heavy atom. The Balaban J connectivity index is 1.58. The number of carbonyl (C=O) groups excluding carboxylic acids is 1. The largest absolute Gasteiger partial charge is 0.468 e. The Labute approximate surface area is 125 Å². The summed E-state index contributed by atoms with van der Waals surface area (Å²) in [5.41, 5.74) is 5.89. The molecule has 1 saturated heterocycles. The van der Waals surface area contributed by atoms with Gasteiger partial charge in [-0.3, -0.25) is 9.69 Å². The van der Waals surface area contributed by atoms with E-state index in [2.05, 4.69) is 10.2 Å². The molecular formula is C16H25N3O2. The first kappa shape index (κ1) is 14.6. The number of furan rings is 1. The van der Waals surface area contributed by atoms with Crippen LogP contribution in [0.4, 0.5) is 0 Å². The highest BCUT2D eigenvalue weighted by Gasteiger charge is 2.30. The van der Waals surface area contributed by atoms with Gasteiger partial charge in [0, 0.05) is 18.5 Å². The van der Waals surface area contributed by atoms with Crippen molar-refractivity contribution in [3.63, 3.8) is 0 Å². The minimum atomic E-state index is 0.0934. The molecule has 0 radical (unpaired) electrons. The standard InChI is InChI=1S/C16H25N3O2/c17-13-6-5-12(10-13)16(20)18-11-14(15-4-3-9-21-15)19-7-1-2-8-19/h3-4,9,12-14H,1-2,5-8,10-11,17H2,(H,18,20). The molecule has 5 nitrogen and oxygen atoms in total. The molecule has 0 spiro atoms. The van der Waals surface area contributed by atoms with Crippen molar-refractivity contribution >= 4 is 5.91 Å². The third-order valence-corrected chi connectivity index (χ3v) is 4.77. The Bertz CT molecular complexity index is 454. The van der Waals surface area contributed by atoms with Crippen LogP contribution in [0, 0.1) is 5.92 Å². The lowest BCUT2D eigenvalue weighted by atomic mass is 10.1. The maximum Gasteiger partial charge on any atom is 0.223 e. The fourth-order valence-corrected chi connectivity index (χ4v) is 3.54. The summed E-state index contributed by atoms with van der Waals surface area (Å²) in [5.74, 6) is 1.19. The van der Waals surface area contributed by atoms with Crippen molar-refractivity contribution in [2.24, 2.45) is 11.7 Å². The first-order valence-electron chi connectivity index (χ1n) is 8.05. The van der Waals surface area contributed by atoms with Gasteiger partial charge in [-0.05, 0) is 57.3 Å². The van der Waals surface area contributed by atoms with Gasteiger partial charge in [0.05, 0.1) is 12.3 Å². The Kier molecular flexibility index (Phi) is 4.60. The maximum atomic E-state index is 12.3. The number of amides is 1. The van der Waals surface area contributed by atoms with E-state index in [1.165, 1.54) is 12.8 Å². The summed E-state index contributed by atoms with van der Waals surface area (Å²) in [4.78, 5) is 14.7. The second kappa shape index (κ2) is 6.62. The van der Waals surface area contributed by atoms with Gasteiger partial charge in [-0.2, -0.15) is 0 Å². The third kappa shape index (κ3) is 3.47. The van der Waals surface area contributed by atoms with E-state index in [9.17, 15) is 4.79 Å². The molecule has 0 aromatic carbocycles. The van der Waals surface area contributed by atoms with E-state index in [-0.39, 0.29) is 23.9 Å². The quantitative estimate of drug-likeness (QED) is 0.865. The lowest BCUT2D eigenvalue weighted by Gasteiger charge is -2.26. The topological polar surface area (TPSA) is 71.5 Å².